The number of rotatable bonds is 15. The topological polar surface area (TPSA) is 73.8 Å². The van der Waals surface area contributed by atoms with Crippen molar-refractivity contribution in [1.82, 2.24) is 0 Å². The Morgan fingerprint density at radius 2 is 1.18 bits per heavy atom. The van der Waals surface area contributed by atoms with Crippen molar-refractivity contribution in [3.63, 3.8) is 0 Å². The smallest absolute Gasteiger partial charge is 0.170 e. The molecule has 0 spiro atoms. The van der Waals surface area contributed by atoms with Gasteiger partial charge in [-0.2, -0.15) is 0 Å². The van der Waals surface area contributed by atoms with Crippen LogP contribution in [0, 0.1) is 5.41 Å². The first-order chi connectivity index (χ1) is 19.7. The lowest BCUT2D eigenvalue weighted by atomic mass is 9.95. The summed E-state index contributed by atoms with van der Waals surface area (Å²) in [7, 11) is 3.33. The highest BCUT2D eigenvalue weighted by Gasteiger charge is 2.41. The van der Waals surface area contributed by atoms with Crippen LogP contribution in [0.3, 0.4) is 0 Å². The van der Waals surface area contributed by atoms with Gasteiger partial charge in [0.2, 0.25) is 0 Å². The van der Waals surface area contributed by atoms with Gasteiger partial charge < -0.3 is 37.9 Å². The zero-order valence-electron chi connectivity index (χ0n) is 22.4. The third-order valence-corrected chi connectivity index (χ3v) is 18.6. The van der Waals surface area contributed by atoms with Gasteiger partial charge in [0, 0.05) is 36.9 Å². The SMILES string of the molecule is COCCOCOCC1(COCOCCOC)CSC2=C(SC1)SC(=C1SC3=C(S1)SC(C1OCCO1)CS3)S2. The van der Waals surface area contributed by atoms with E-state index in [1.807, 2.05) is 94.1 Å². The predicted octanol–water partition coefficient (Wildman–Crippen LogP) is 6.29. The lowest BCUT2D eigenvalue weighted by molar-refractivity contribution is -0.117. The van der Waals surface area contributed by atoms with E-state index in [4.69, 9.17) is 37.9 Å². The monoisotopic (exact) mass is 706 g/mol. The van der Waals surface area contributed by atoms with Crippen molar-refractivity contribution < 1.29 is 37.9 Å². The van der Waals surface area contributed by atoms with Crippen molar-refractivity contribution in [2.75, 3.05) is 97.9 Å². The molecule has 1 atom stereocenters. The molecule has 1 fully saturated rings. The summed E-state index contributed by atoms with van der Waals surface area (Å²) in [4.78, 5) is 0. The van der Waals surface area contributed by atoms with E-state index in [1.165, 1.54) is 25.4 Å². The van der Waals surface area contributed by atoms with Gasteiger partial charge in [-0.05, 0) is 0 Å². The summed E-state index contributed by atoms with van der Waals surface area (Å²) < 4.78 is 53.1. The molecule has 16 heteroatoms. The van der Waals surface area contributed by atoms with E-state index in [0.717, 1.165) is 17.3 Å². The molecule has 8 nitrogen and oxygen atoms in total. The van der Waals surface area contributed by atoms with Crippen molar-refractivity contribution in [2.45, 2.75) is 11.5 Å². The Morgan fingerprint density at radius 1 is 0.650 bits per heavy atom. The summed E-state index contributed by atoms with van der Waals surface area (Å²) >= 11 is 15.4. The van der Waals surface area contributed by atoms with Crippen LogP contribution in [0.5, 0.6) is 0 Å². The maximum Gasteiger partial charge on any atom is 0.170 e. The molecule has 40 heavy (non-hydrogen) atoms. The van der Waals surface area contributed by atoms with Crippen molar-refractivity contribution in [1.29, 1.82) is 0 Å². The van der Waals surface area contributed by atoms with Crippen molar-refractivity contribution in [3.05, 3.63) is 25.4 Å². The zero-order valence-corrected chi connectivity index (χ0v) is 28.9. The summed E-state index contributed by atoms with van der Waals surface area (Å²) in [6.45, 7) is 5.19. The summed E-state index contributed by atoms with van der Waals surface area (Å²) in [5, 5.41) is 0.363. The first kappa shape index (κ1) is 33.1. The molecule has 1 unspecified atom stereocenters. The minimum atomic E-state index is -0.145. The van der Waals surface area contributed by atoms with Gasteiger partial charge in [-0.1, -0.05) is 47.0 Å². The van der Waals surface area contributed by atoms with E-state index >= 15 is 0 Å². The highest BCUT2D eigenvalue weighted by molar-refractivity contribution is 8.45. The van der Waals surface area contributed by atoms with E-state index in [0.29, 0.717) is 58.1 Å². The van der Waals surface area contributed by atoms with Gasteiger partial charge in [-0.3, -0.25) is 0 Å². The maximum absolute atomic E-state index is 5.98. The van der Waals surface area contributed by atoms with Crippen LogP contribution in [0.15, 0.2) is 25.4 Å². The Morgan fingerprint density at radius 3 is 1.73 bits per heavy atom. The van der Waals surface area contributed by atoms with Crippen LogP contribution in [0.2, 0.25) is 0 Å². The van der Waals surface area contributed by atoms with Crippen LogP contribution >= 0.6 is 94.1 Å². The number of hydrogen-bond donors (Lipinski definition) is 0. The molecular formula is C24H34O8S8. The molecule has 5 rings (SSSR count). The van der Waals surface area contributed by atoms with Gasteiger partial charge in [-0.25, -0.2) is 0 Å². The largest absolute Gasteiger partial charge is 0.382 e. The fourth-order valence-electron chi connectivity index (χ4n) is 3.83. The molecule has 0 N–H and O–H groups in total. The molecule has 5 aliphatic rings. The average Bonchev–Trinajstić information content (AvgIpc) is 3.72. The molecule has 0 aromatic heterocycles. The molecule has 1 saturated heterocycles. The third kappa shape index (κ3) is 9.36. The second-order valence-corrected chi connectivity index (χ2v) is 18.9. The molecule has 0 aromatic carbocycles. The number of hydrogen-bond acceptors (Lipinski definition) is 16. The first-order valence-corrected chi connectivity index (χ1v) is 19.8. The predicted molar refractivity (Wildman–Crippen MR) is 176 cm³/mol. The minimum absolute atomic E-state index is 0.0725. The lowest BCUT2D eigenvalue weighted by Gasteiger charge is -2.31. The van der Waals surface area contributed by atoms with Gasteiger partial charge >= 0.3 is 0 Å². The quantitative estimate of drug-likeness (QED) is 0.141. The van der Waals surface area contributed by atoms with Gasteiger partial charge in [-0.15, -0.1) is 47.0 Å². The first-order valence-electron chi connectivity index (χ1n) is 12.7. The van der Waals surface area contributed by atoms with Crippen LogP contribution < -0.4 is 0 Å². The lowest BCUT2D eigenvalue weighted by Crippen LogP contribution is -2.38. The Kier molecular flexibility index (Phi) is 14.4. The second kappa shape index (κ2) is 17.4. The van der Waals surface area contributed by atoms with Crippen molar-refractivity contribution in [2.24, 2.45) is 5.41 Å². The fraction of sp³-hybridized carbons (Fsp3) is 0.750. The third-order valence-electron chi connectivity index (χ3n) is 5.86. The molecule has 0 aliphatic carbocycles. The Bertz CT molecular complexity index is 902. The Balaban J connectivity index is 1.13. The van der Waals surface area contributed by atoms with Crippen LogP contribution in [-0.4, -0.2) is 109 Å². The van der Waals surface area contributed by atoms with E-state index in [9.17, 15) is 0 Å². The Labute approximate surface area is 270 Å². The van der Waals surface area contributed by atoms with Gasteiger partial charge in [0.05, 0.1) is 83.5 Å². The fourth-order valence-corrected chi connectivity index (χ4v) is 16.8. The van der Waals surface area contributed by atoms with Gasteiger partial charge in [0.25, 0.3) is 0 Å². The Hall–Kier alpha value is 1.70. The van der Waals surface area contributed by atoms with Crippen molar-refractivity contribution >= 4 is 94.1 Å². The van der Waals surface area contributed by atoms with Gasteiger partial charge in [0.15, 0.2) is 6.29 Å². The summed E-state index contributed by atoms with van der Waals surface area (Å²) in [6.07, 6.45) is -0.0725. The molecule has 0 saturated carbocycles. The summed E-state index contributed by atoms with van der Waals surface area (Å²) in [6, 6.07) is 0. The molecule has 0 radical (unpaired) electrons. The van der Waals surface area contributed by atoms with Crippen LogP contribution in [0.1, 0.15) is 0 Å². The van der Waals surface area contributed by atoms with E-state index in [2.05, 4.69) is 0 Å². The summed E-state index contributed by atoms with van der Waals surface area (Å²) in [5.74, 6) is 2.86. The molecule has 5 aliphatic heterocycles. The number of methoxy groups -OCH3 is 2. The summed E-state index contributed by atoms with van der Waals surface area (Å²) in [5.41, 5.74) is -0.145. The van der Waals surface area contributed by atoms with Crippen LogP contribution in [-0.2, 0) is 37.9 Å². The highest BCUT2D eigenvalue weighted by atomic mass is 32.3. The maximum atomic E-state index is 5.98. The van der Waals surface area contributed by atoms with Crippen molar-refractivity contribution in [3.8, 4) is 0 Å². The van der Waals surface area contributed by atoms with Crippen LogP contribution in [0.4, 0.5) is 0 Å². The molecular weight excluding hydrogens is 673 g/mol. The minimum Gasteiger partial charge on any atom is -0.382 e. The molecule has 0 amide bonds. The number of ether oxygens (including phenoxy) is 8. The van der Waals surface area contributed by atoms with Crippen LogP contribution in [0.25, 0.3) is 0 Å². The zero-order chi connectivity index (χ0) is 27.6. The van der Waals surface area contributed by atoms with E-state index in [1.54, 1.807) is 14.2 Å². The number of thioether (sulfide) groups is 8. The molecule has 0 aromatic rings. The molecule has 0 bridgehead atoms. The average molecular weight is 707 g/mol. The van der Waals surface area contributed by atoms with Gasteiger partial charge in [0.1, 0.15) is 13.6 Å². The second-order valence-electron chi connectivity index (χ2n) is 9.02. The molecule has 5 heterocycles. The molecule has 226 valence electrons. The highest BCUT2D eigenvalue weighted by Crippen LogP contribution is 2.68. The van der Waals surface area contributed by atoms with E-state index in [-0.39, 0.29) is 25.3 Å². The normalized spacial score (nSPS) is 25.2. The standard InChI is InChI=1S/C24H34O8S8/c1-25-3-5-27-14-29-10-24(11-30-15-28-6-4-26-2)12-34-18-19(35-13-24)38-22(37-18)23-39-20-21(40-23)36-16(9-33-20)17-31-7-8-32-17/h16-17H,3-15H2,1-2H3. The van der Waals surface area contributed by atoms with E-state index < -0.39 is 0 Å².